The van der Waals surface area contributed by atoms with Gasteiger partial charge in [0, 0.05) is 5.54 Å². The number of allylic oxidation sites excluding steroid dienone is 8. The first kappa shape index (κ1) is 19.9. The fourth-order valence-electron chi connectivity index (χ4n) is 4.11. The second-order valence-electron chi connectivity index (χ2n) is 7.82. The summed E-state index contributed by atoms with van der Waals surface area (Å²) < 4.78 is 0. The van der Waals surface area contributed by atoms with Crippen LogP contribution in [0.15, 0.2) is 60.3 Å². The lowest BCUT2D eigenvalue weighted by molar-refractivity contribution is 0.197. The zero-order valence-corrected chi connectivity index (χ0v) is 15.8. The van der Waals surface area contributed by atoms with E-state index in [1.165, 1.54) is 23.1 Å². The van der Waals surface area contributed by atoms with Crippen LogP contribution in [0.5, 0.6) is 0 Å². The maximum Gasteiger partial charge on any atom is 0.0611 e. The molecule has 2 saturated carbocycles. The van der Waals surface area contributed by atoms with Crippen LogP contribution >= 0.6 is 0 Å². The summed E-state index contributed by atoms with van der Waals surface area (Å²) in [4.78, 5) is 0. The van der Waals surface area contributed by atoms with Crippen LogP contribution in [0.2, 0.25) is 0 Å². The summed E-state index contributed by atoms with van der Waals surface area (Å²) in [6.45, 7) is 10.3. The lowest BCUT2D eigenvalue weighted by Crippen LogP contribution is -2.40. The molecule has 25 heavy (non-hydrogen) atoms. The molecule has 0 amide bonds. The fourth-order valence-corrected chi connectivity index (χ4v) is 4.11. The zero-order chi connectivity index (χ0) is 18.3. The van der Waals surface area contributed by atoms with Crippen molar-refractivity contribution >= 4 is 0 Å². The lowest BCUT2D eigenvalue weighted by atomic mass is 9.80. The molecule has 2 aliphatic carbocycles. The van der Waals surface area contributed by atoms with E-state index in [-0.39, 0.29) is 6.61 Å². The standard InChI is InChI=1S/C23H35NO/c1-4-6-7-8-9-19-10-11-21(20(5-2)15-19)14-18(3)22-12-13-23(24,16-22)17-25/h4-5,8-9,14,19,22,25H,1,3,6-7,10-13,15-17,24H2,2H3/b9-8+,20-5-,21-14-/t19-,22+,23-/m1/s1. The van der Waals surface area contributed by atoms with Gasteiger partial charge >= 0.3 is 0 Å². The van der Waals surface area contributed by atoms with Crippen molar-refractivity contribution in [3.63, 3.8) is 0 Å². The molecule has 2 aliphatic rings. The first-order chi connectivity index (χ1) is 12.0. The first-order valence-electron chi connectivity index (χ1n) is 9.73. The lowest BCUT2D eigenvalue weighted by Gasteiger charge is -2.26. The van der Waals surface area contributed by atoms with Gasteiger partial charge in [-0.25, -0.2) is 0 Å². The number of nitrogens with two attached hydrogens (primary N) is 1. The molecule has 0 aromatic rings. The van der Waals surface area contributed by atoms with E-state index in [0.717, 1.165) is 44.9 Å². The SMILES string of the molecule is C=CCC/C=C/[C@@H]1CCC(=C/C(=C)[C@H]2CC[C@](N)(CO)C2)/C(=C\C)C1. The van der Waals surface area contributed by atoms with Gasteiger partial charge in [0.05, 0.1) is 6.61 Å². The third kappa shape index (κ3) is 5.55. The van der Waals surface area contributed by atoms with E-state index < -0.39 is 5.54 Å². The summed E-state index contributed by atoms with van der Waals surface area (Å²) in [5.41, 5.74) is 9.92. The summed E-state index contributed by atoms with van der Waals surface area (Å²) in [6, 6.07) is 0. The Morgan fingerprint density at radius 3 is 2.76 bits per heavy atom. The zero-order valence-electron chi connectivity index (χ0n) is 15.8. The Morgan fingerprint density at radius 2 is 2.12 bits per heavy atom. The van der Waals surface area contributed by atoms with Gasteiger partial charge in [-0.2, -0.15) is 0 Å². The predicted molar refractivity (Wildman–Crippen MR) is 108 cm³/mol. The average molecular weight is 342 g/mol. The van der Waals surface area contributed by atoms with Gasteiger partial charge in [0.15, 0.2) is 0 Å². The van der Waals surface area contributed by atoms with Crippen LogP contribution in [0.1, 0.15) is 58.3 Å². The van der Waals surface area contributed by atoms with Crippen LogP contribution in [0, 0.1) is 11.8 Å². The third-order valence-electron chi connectivity index (χ3n) is 5.82. The topological polar surface area (TPSA) is 46.2 Å². The largest absolute Gasteiger partial charge is 0.394 e. The minimum absolute atomic E-state index is 0.0767. The van der Waals surface area contributed by atoms with Crippen LogP contribution < -0.4 is 5.73 Å². The molecule has 0 heterocycles. The average Bonchev–Trinajstić information content (AvgIpc) is 3.03. The quantitative estimate of drug-likeness (QED) is 0.492. The van der Waals surface area contributed by atoms with Crippen molar-refractivity contribution in [1.29, 1.82) is 0 Å². The van der Waals surface area contributed by atoms with Crippen LogP contribution in [0.25, 0.3) is 0 Å². The number of rotatable bonds is 7. The Morgan fingerprint density at radius 1 is 1.32 bits per heavy atom. The van der Waals surface area contributed by atoms with Crippen molar-refractivity contribution in [1.82, 2.24) is 0 Å². The summed E-state index contributed by atoms with van der Waals surface area (Å²) in [6.07, 6.45) is 19.6. The van der Waals surface area contributed by atoms with Crippen molar-refractivity contribution in [2.75, 3.05) is 6.61 Å². The highest BCUT2D eigenvalue weighted by molar-refractivity contribution is 5.39. The number of hydrogen-bond donors (Lipinski definition) is 2. The molecule has 0 unspecified atom stereocenters. The van der Waals surface area contributed by atoms with Gasteiger partial charge in [0.2, 0.25) is 0 Å². The summed E-state index contributed by atoms with van der Waals surface area (Å²) >= 11 is 0. The molecule has 2 rings (SSSR count). The molecule has 138 valence electrons. The van der Waals surface area contributed by atoms with E-state index in [1.807, 2.05) is 6.08 Å². The molecule has 0 saturated heterocycles. The second kappa shape index (κ2) is 9.35. The Bertz CT molecular complexity index is 569. The second-order valence-corrected chi connectivity index (χ2v) is 7.82. The third-order valence-corrected chi connectivity index (χ3v) is 5.82. The summed E-state index contributed by atoms with van der Waals surface area (Å²) in [7, 11) is 0. The Balaban J connectivity index is 1.96. The molecular formula is C23H35NO. The van der Waals surface area contributed by atoms with Crippen molar-refractivity contribution in [3.8, 4) is 0 Å². The van der Waals surface area contributed by atoms with Crippen LogP contribution in [0.3, 0.4) is 0 Å². The smallest absolute Gasteiger partial charge is 0.0611 e. The number of unbranched alkanes of at least 4 members (excludes halogenated alkanes) is 1. The maximum atomic E-state index is 9.47. The van der Waals surface area contributed by atoms with Gasteiger partial charge in [-0.1, -0.05) is 42.5 Å². The summed E-state index contributed by atoms with van der Waals surface area (Å²) in [5.74, 6) is 1.07. The van der Waals surface area contributed by atoms with E-state index >= 15 is 0 Å². The van der Waals surface area contributed by atoms with E-state index in [1.54, 1.807) is 0 Å². The van der Waals surface area contributed by atoms with Crippen molar-refractivity contribution in [3.05, 3.63) is 60.3 Å². The van der Waals surface area contributed by atoms with Gasteiger partial charge in [0.25, 0.3) is 0 Å². The molecule has 0 aliphatic heterocycles. The molecule has 3 N–H and O–H groups in total. The van der Waals surface area contributed by atoms with Gasteiger partial charge in [0.1, 0.15) is 0 Å². The molecule has 0 aromatic heterocycles. The van der Waals surface area contributed by atoms with Gasteiger partial charge < -0.3 is 10.8 Å². The predicted octanol–water partition coefficient (Wildman–Crippen LogP) is 5.23. The monoisotopic (exact) mass is 341 g/mol. The van der Waals surface area contributed by atoms with Crippen molar-refractivity contribution in [2.45, 2.75) is 63.8 Å². The van der Waals surface area contributed by atoms with E-state index in [9.17, 15) is 5.11 Å². The number of aliphatic hydroxyl groups is 1. The summed E-state index contributed by atoms with van der Waals surface area (Å²) in [5, 5.41) is 9.47. The fraction of sp³-hybridized carbons (Fsp3) is 0.565. The van der Waals surface area contributed by atoms with E-state index in [0.29, 0.717) is 11.8 Å². The highest BCUT2D eigenvalue weighted by atomic mass is 16.3. The number of hydrogen-bond acceptors (Lipinski definition) is 2. The van der Waals surface area contributed by atoms with Crippen molar-refractivity contribution in [2.24, 2.45) is 17.6 Å². The van der Waals surface area contributed by atoms with Gasteiger partial charge in [-0.05, 0) is 81.3 Å². The van der Waals surface area contributed by atoms with E-state index in [2.05, 4.69) is 44.4 Å². The highest BCUT2D eigenvalue weighted by Gasteiger charge is 2.36. The van der Waals surface area contributed by atoms with Gasteiger partial charge in [-0.15, -0.1) is 6.58 Å². The Kier molecular flexibility index (Phi) is 7.46. The molecule has 0 bridgehead atoms. The van der Waals surface area contributed by atoms with Crippen molar-refractivity contribution < 1.29 is 5.11 Å². The molecule has 0 aromatic carbocycles. The minimum Gasteiger partial charge on any atom is -0.394 e. The molecular weight excluding hydrogens is 306 g/mol. The molecule has 0 radical (unpaired) electrons. The molecule has 2 fully saturated rings. The molecule has 3 atom stereocenters. The number of aliphatic hydroxyl groups excluding tert-OH is 1. The van der Waals surface area contributed by atoms with Crippen LogP contribution in [-0.2, 0) is 0 Å². The first-order valence-corrected chi connectivity index (χ1v) is 9.73. The minimum atomic E-state index is -0.399. The molecule has 2 nitrogen and oxygen atoms in total. The molecule has 2 heteroatoms. The molecule has 0 spiro atoms. The van der Waals surface area contributed by atoms with Crippen LogP contribution in [0.4, 0.5) is 0 Å². The van der Waals surface area contributed by atoms with E-state index in [4.69, 9.17) is 5.73 Å². The van der Waals surface area contributed by atoms with Gasteiger partial charge in [-0.3, -0.25) is 0 Å². The van der Waals surface area contributed by atoms with Crippen LogP contribution in [-0.4, -0.2) is 17.3 Å². The maximum absolute atomic E-state index is 9.47. The highest BCUT2D eigenvalue weighted by Crippen LogP contribution is 2.39. The normalized spacial score (nSPS) is 33.4. The Hall–Kier alpha value is -1.38. The Labute approximate surface area is 153 Å².